The first-order valence-corrected chi connectivity index (χ1v) is 8.54. The lowest BCUT2D eigenvalue weighted by molar-refractivity contribution is -0.147. The van der Waals surface area contributed by atoms with E-state index in [0.29, 0.717) is 17.7 Å². The number of hydrogen-bond acceptors (Lipinski definition) is 6. The van der Waals surface area contributed by atoms with Gasteiger partial charge in [-0.15, -0.1) is 0 Å². The molecule has 0 aliphatic carbocycles. The second kappa shape index (κ2) is 7.43. The van der Waals surface area contributed by atoms with Crippen LogP contribution in [0.3, 0.4) is 0 Å². The lowest BCUT2D eigenvalue weighted by Crippen LogP contribution is -2.51. The van der Waals surface area contributed by atoms with Crippen molar-refractivity contribution >= 4 is 23.5 Å². The number of nitrogens with two attached hydrogens (primary N) is 1. The summed E-state index contributed by atoms with van der Waals surface area (Å²) in [5, 5.41) is 0. The molecular weight excluding hydrogens is 334 g/mol. The number of carbonyl (C=O) groups excluding carboxylic acids is 2. The van der Waals surface area contributed by atoms with E-state index >= 15 is 0 Å². The number of benzene rings is 1. The lowest BCUT2D eigenvalue weighted by Gasteiger charge is -2.37. The highest BCUT2D eigenvalue weighted by molar-refractivity contribution is 6.04. The standard InChI is InChI=1S/C19H21N3O4/c1-3-13(19(24)25-4-2)22-17-14(10-11-15(20)21-17)26-16(18(22)23)12-8-6-5-7-9-12/h5-11,13,16H,3-4H2,1-2H3,(H2,20,21). The van der Waals surface area contributed by atoms with Crippen LogP contribution in [0.15, 0.2) is 42.5 Å². The monoisotopic (exact) mass is 355 g/mol. The highest BCUT2D eigenvalue weighted by Gasteiger charge is 2.42. The molecular formula is C19H21N3O4. The van der Waals surface area contributed by atoms with Gasteiger partial charge in [0.2, 0.25) is 6.10 Å². The van der Waals surface area contributed by atoms with Crippen molar-refractivity contribution in [3.8, 4) is 5.75 Å². The molecule has 0 saturated heterocycles. The van der Waals surface area contributed by atoms with Crippen LogP contribution in [0.25, 0.3) is 0 Å². The summed E-state index contributed by atoms with van der Waals surface area (Å²) in [6.45, 7) is 3.77. The summed E-state index contributed by atoms with van der Waals surface area (Å²) in [6, 6.07) is 11.6. The van der Waals surface area contributed by atoms with Crippen LogP contribution in [0.4, 0.5) is 11.6 Å². The Labute approximate surface area is 151 Å². The van der Waals surface area contributed by atoms with Gasteiger partial charge in [-0.3, -0.25) is 9.69 Å². The maximum absolute atomic E-state index is 13.2. The number of esters is 1. The number of amides is 1. The second-order valence-electron chi connectivity index (χ2n) is 5.85. The number of ether oxygens (including phenoxy) is 2. The molecule has 1 aromatic carbocycles. The van der Waals surface area contributed by atoms with Gasteiger partial charge in [-0.1, -0.05) is 37.3 Å². The van der Waals surface area contributed by atoms with Crippen LogP contribution in [0.1, 0.15) is 31.9 Å². The molecule has 0 bridgehead atoms. The molecule has 0 radical (unpaired) electrons. The minimum atomic E-state index is -0.863. The van der Waals surface area contributed by atoms with E-state index in [1.165, 1.54) is 4.90 Å². The van der Waals surface area contributed by atoms with Gasteiger partial charge in [0.05, 0.1) is 6.61 Å². The van der Waals surface area contributed by atoms with Crippen molar-refractivity contribution in [3.63, 3.8) is 0 Å². The van der Waals surface area contributed by atoms with Crippen molar-refractivity contribution in [2.24, 2.45) is 0 Å². The molecule has 26 heavy (non-hydrogen) atoms. The number of anilines is 2. The molecule has 1 aliphatic rings. The van der Waals surface area contributed by atoms with E-state index < -0.39 is 18.1 Å². The molecule has 1 aliphatic heterocycles. The number of hydrogen-bond donors (Lipinski definition) is 1. The fraction of sp³-hybridized carbons (Fsp3) is 0.316. The second-order valence-corrected chi connectivity index (χ2v) is 5.85. The molecule has 1 amide bonds. The highest BCUT2D eigenvalue weighted by atomic mass is 16.5. The summed E-state index contributed by atoms with van der Waals surface area (Å²) in [5.74, 6) is 0.0217. The molecule has 7 heteroatoms. The Kier molecular flexibility index (Phi) is 5.06. The van der Waals surface area contributed by atoms with Gasteiger partial charge in [-0.05, 0) is 25.5 Å². The summed E-state index contributed by atoms with van der Waals surface area (Å²) in [5.41, 5.74) is 6.49. The molecule has 136 valence electrons. The molecule has 7 nitrogen and oxygen atoms in total. The normalized spacial score (nSPS) is 17.2. The molecule has 0 saturated carbocycles. The summed E-state index contributed by atoms with van der Waals surface area (Å²) in [6.07, 6.45) is -0.486. The number of nitrogens with zero attached hydrogens (tertiary/aromatic N) is 2. The molecule has 0 fully saturated rings. The average Bonchev–Trinajstić information content (AvgIpc) is 2.65. The Bertz CT molecular complexity index is 810. The Morgan fingerprint density at radius 2 is 2.00 bits per heavy atom. The predicted molar refractivity (Wildman–Crippen MR) is 96.7 cm³/mol. The Morgan fingerprint density at radius 3 is 2.65 bits per heavy atom. The van der Waals surface area contributed by atoms with Gasteiger partial charge < -0.3 is 15.2 Å². The highest BCUT2D eigenvalue weighted by Crippen LogP contribution is 2.39. The van der Waals surface area contributed by atoms with Crippen molar-refractivity contribution in [2.45, 2.75) is 32.4 Å². The molecule has 0 spiro atoms. The van der Waals surface area contributed by atoms with Crippen molar-refractivity contribution in [1.82, 2.24) is 4.98 Å². The van der Waals surface area contributed by atoms with E-state index in [1.807, 2.05) is 37.3 Å². The van der Waals surface area contributed by atoms with Gasteiger partial charge in [0.1, 0.15) is 11.9 Å². The van der Waals surface area contributed by atoms with E-state index in [-0.39, 0.29) is 24.1 Å². The zero-order valence-corrected chi connectivity index (χ0v) is 14.7. The molecule has 1 aromatic heterocycles. The van der Waals surface area contributed by atoms with Crippen LogP contribution < -0.4 is 15.4 Å². The van der Waals surface area contributed by atoms with Gasteiger partial charge >= 0.3 is 5.97 Å². The third-order valence-corrected chi connectivity index (χ3v) is 4.15. The van der Waals surface area contributed by atoms with Gasteiger partial charge in [0.15, 0.2) is 11.6 Å². The summed E-state index contributed by atoms with van der Waals surface area (Å²) >= 11 is 0. The van der Waals surface area contributed by atoms with Crippen molar-refractivity contribution < 1.29 is 19.1 Å². The summed E-state index contributed by atoms with van der Waals surface area (Å²) in [7, 11) is 0. The minimum absolute atomic E-state index is 0.229. The maximum atomic E-state index is 13.2. The number of fused-ring (bicyclic) bond motifs is 1. The number of pyridine rings is 1. The molecule has 3 rings (SSSR count). The fourth-order valence-electron chi connectivity index (χ4n) is 2.96. The Hall–Kier alpha value is -3.09. The van der Waals surface area contributed by atoms with E-state index in [2.05, 4.69) is 4.98 Å². The third-order valence-electron chi connectivity index (χ3n) is 4.15. The third kappa shape index (κ3) is 3.20. The van der Waals surface area contributed by atoms with Gasteiger partial charge in [0.25, 0.3) is 5.91 Å². The predicted octanol–water partition coefficient (Wildman–Crippen LogP) is 2.47. The number of rotatable bonds is 5. The van der Waals surface area contributed by atoms with E-state index in [4.69, 9.17) is 15.2 Å². The van der Waals surface area contributed by atoms with Crippen LogP contribution in [-0.4, -0.2) is 29.5 Å². The smallest absolute Gasteiger partial charge is 0.329 e. The zero-order valence-electron chi connectivity index (χ0n) is 14.7. The lowest BCUT2D eigenvalue weighted by atomic mass is 10.0. The van der Waals surface area contributed by atoms with E-state index in [1.54, 1.807) is 19.1 Å². The molecule has 2 N–H and O–H groups in total. The van der Waals surface area contributed by atoms with Crippen molar-refractivity contribution in [2.75, 3.05) is 17.2 Å². The first-order valence-electron chi connectivity index (χ1n) is 8.54. The average molecular weight is 355 g/mol. The first-order chi connectivity index (χ1) is 12.6. The van der Waals surface area contributed by atoms with Crippen molar-refractivity contribution in [1.29, 1.82) is 0 Å². The molecule has 2 aromatic rings. The van der Waals surface area contributed by atoms with Crippen molar-refractivity contribution in [3.05, 3.63) is 48.0 Å². The Balaban J connectivity index is 2.09. The number of aromatic nitrogens is 1. The van der Waals surface area contributed by atoms with Crippen LogP contribution in [0, 0.1) is 0 Å². The van der Waals surface area contributed by atoms with Gasteiger partial charge in [0, 0.05) is 5.56 Å². The molecule has 2 atom stereocenters. The SMILES string of the molecule is CCOC(=O)C(CC)N1C(=O)C(c2ccccc2)Oc2ccc(N)nc21. The zero-order chi connectivity index (χ0) is 18.7. The van der Waals surface area contributed by atoms with Crippen LogP contribution in [0.5, 0.6) is 5.75 Å². The minimum Gasteiger partial charge on any atom is -0.472 e. The largest absolute Gasteiger partial charge is 0.472 e. The topological polar surface area (TPSA) is 94.8 Å². The molecule has 2 unspecified atom stereocenters. The summed E-state index contributed by atoms with van der Waals surface area (Å²) in [4.78, 5) is 31.2. The molecule has 2 heterocycles. The summed E-state index contributed by atoms with van der Waals surface area (Å²) < 4.78 is 11.0. The van der Waals surface area contributed by atoms with Crippen LogP contribution >= 0.6 is 0 Å². The van der Waals surface area contributed by atoms with Crippen LogP contribution in [-0.2, 0) is 14.3 Å². The van der Waals surface area contributed by atoms with Crippen LogP contribution in [0.2, 0.25) is 0 Å². The Morgan fingerprint density at radius 1 is 1.27 bits per heavy atom. The maximum Gasteiger partial charge on any atom is 0.329 e. The number of carbonyl (C=O) groups is 2. The quantitative estimate of drug-likeness (QED) is 0.828. The fourth-order valence-corrected chi connectivity index (χ4v) is 2.96. The van der Waals surface area contributed by atoms with E-state index in [9.17, 15) is 9.59 Å². The van der Waals surface area contributed by atoms with Gasteiger partial charge in [-0.25, -0.2) is 9.78 Å². The first kappa shape index (κ1) is 17.7. The van der Waals surface area contributed by atoms with E-state index in [0.717, 1.165) is 0 Å². The number of nitrogen functional groups attached to an aromatic ring is 1. The van der Waals surface area contributed by atoms with Gasteiger partial charge in [-0.2, -0.15) is 0 Å².